The van der Waals surface area contributed by atoms with E-state index in [9.17, 15) is 4.79 Å². The van der Waals surface area contributed by atoms with Crippen LogP contribution in [0.1, 0.15) is 59.4 Å². The Morgan fingerprint density at radius 2 is 1.69 bits per heavy atom. The quantitative estimate of drug-likeness (QED) is 0.336. The maximum Gasteiger partial charge on any atom is 0.261 e. The van der Waals surface area contributed by atoms with Gasteiger partial charge in [0.1, 0.15) is 18.2 Å². The highest BCUT2D eigenvalue weighted by molar-refractivity contribution is 7.10. The lowest BCUT2D eigenvalue weighted by Gasteiger charge is -2.19. The van der Waals surface area contributed by atoms with Gasteiger partial charge in [-0.3, -0.25) is 14.3 Å². The lowest BCUT2D eigenvalue weighted by molar-refractivity contribution is 0.303. The van der Waals surface area contributed by atoms with Crippen LogP contribution in [0.5, 0.6) is 5.75 Å². The topological polar surface area (TPSA) is 69.9 Å². The van der Waals surface area contributed by atoms with Crippen molar-refractivity contribution in [3.63, 3.8) is 0 Å². The molecule has 0 aliphatic carbocycles. The molecule has 0 spiro atoms. The van der Waals surface area contributed by atoms with E-state index in [2.05, 4.69) is 49.1 Å². The summed E-state index contributed by atoms with van der Waals surface area (Å²) in [7, 11) is 0. The Bertz CT molecular complexity index is 1460. The molecule has 0 N–H and O–H groups in total. The third-order valence-corrected chi connectivity index (χ3v) is 6.88. The summed E-state index contributed by atoms with van der Waals surface area (Å²) in [5.74, 6) is 1.37. The van der Waals surface area contributed by atoms with Gasteiger partial charge in [0.25, 0.3) is 5.56 Å². The lowest BCUT2D eigenvalue weighted by atomic mass is 9.95. The highest BCUT2D eigenvalue weighted by Crippen LogP contribution is 2.28. The summed E-state index contributed by atoms with van der Waals surface area (Å²) in [5.41, 5.74) is 6.33. The lowest BCUT2D eigenvalue weighted by Crippen LogP contribution is -2.24. The SMILES string of the molecule is Cc1cc(COc2cc(C)n(-c3cc(-c4nc(C(C)(C)C)ncc4C)ncc3C)c(=O)c2C)cs1. The minimum atomic E-state index is -0.182. The summed E-state index contributed by atoms with van der Waals surface area (Å²) in [4.78, 5) is 28.8. The molecule has 4 rings (SSSR count). The second-order valence-electron chi connectivity index (χ2n) is 10.1. The van der Waals surface area contributed by atoms with Crippen molar-refractivity contribution in [3.05, 3.63) is 85.0 Å². The monoisotopic (exact) mass is 488 g/mol. The number of aromatic nitrogens is 4. The van der Waals surface area contributed by atoms with Gasteiger partial charge >= 0.3 is 0 Å². The fraction of sp³-hybridized carbons (Fsp3) is 0.357. The van der Waals surface area contributed by atoms with Gasteiger partial charge in [0, 0.05) is 40.0 Å². The van der Waals surface area contributed by atoms with Crippen LogP contribution in [0.3, 0.4) is 0 Å². The molecule has 4 aromatic rings. The van der Waals surface area contributed by atoms with Crippen molar-refractivity contribution in [2.24, 2.45) is 0 Å². The van der Waals surface area contributed by atoms with Crippen LogP contribution in [-0.4, -0.2) is 19.5 Å². The van der Waals surface area contributed by atoms with Crippen molar-refractivity contribution in [2.75, 3.05) is 0 Å². The first-order valence-corrected chi connectivity index (χ1v) is 12.5. The molecule has 0 amide bonds. The molecular formula is C28H32N4O2S. The number of nitrogens with zero attached hydrogens (tertiary/aromatic N) is 4. The van der Waals surface area contributed by atoms with Crippen LogP contribution in [0.2, 0.25) is 0 Å². The Kier molecular flexibility index (Phi) is 6.64. The third-order valence-electron chi connectivity index (χ3n) is 5.97. The minimum absolute atomic E-state index is 0.100. The largest absolute Gasteiger partial charge is 0.488 e. The maximum atomic E-state index is 13.5. The van der Waals surface area contributed by atoms with E-state index in [1.165, 1.54) is 4.88 Å². The number of aryl methyl sites for hydroxylation is 4. The number of hydrogen-bond acceptors (Lipinski definition) is 6. The molecule has 0 saturated heterocycles. The van der Waals surface area contributed by atoms with Crippen LogP contribution < -0.4 is 10.3 Å². The van der Waals surface area contributed by atoms with Crippen molar-refractivity contribution in [3.8, 4) is 22.8 Å². The second-order valence-corrected chi connectivity index (χ2v) is 11.2. The van der Waals surface area contributed by atoms with Gasteiger partial charge in [0.05, 0.1) is 22.6 Å². The van der Waals surface area contributed by atoms with Crippen molar-refractivity contribution >= 4 is 11.3 Å². The van der Waals surface area contributed by atoms with Gasteiger partial charge in [-0.15, -0.1) is 11.3 Å². The summed E-state index contributed by atoms with van der Waals surface area (Å²) in [6.07, 6.45) is 3.64. The smallest absolute Gasteiger partial charge is 0.261 e. The Labute approximate surface area is 210 Å². The van der Waals surface area contributed by atoms with E-state index in [0.717, 1.165) is 39.6 Å². The van der Waals surface area contributed by atoms with E-state index in [4.69, 9.17) is 9.72 Å². The molecular weight excluding hydrogens is 456 g/mol. The van der Waals surface area contributed by atoms with Crippen molar-refractivity contribution in [2.45, 2.75) is 67.4 Å². The second kappa shape index (κ2) is 9.38. The van der Waals surface area contributed by atoms with Crippen LogP contribution >= 0.6 is 11.3 Å². The summed E-state index contributed by atoms with van der Waals surface area (Å²) >= 11 is 1.69. The van der Waals surface area contributed by atoms with Gasteiger partial charge in [-0.2, -0.15) is 0 Å². The Morgan fingerprint density at radius 1 is 0.971 bits per heavy atom. The summed E-state index contributed by atoms with van der Waals surface area (Å²) in [6.45, 7) is 16.5. The average molecular weight is 489 g/mol. The van der Waals surface area contributed by atoms with Gasteiger partial charge in [-0.1, -0.05) is 20.8 Å². The zero-order valence-electron chi connectivity index (χ0n) is 21.7. The molecule has 0 aliphatic heterocycles. The summed E-state index contributed by atoms with van der Waals surface area (Å²) in [6, 6.07) is 5.99. The van der Waals surface area contributed by atoms with Gasteiger partial charge < -0.3 is 4.74 Å². The highest BCUT2D eigenvalue weighted by Gasteiger charge is 2.21. The standard InChI is InChI=1S/C28H32N4O2S/c1-16-12-29-22(25-17(2)13-30-27(31-25)28(6,7)8)11-23(16)32-18(3)9-24(20(5)26(32)33)34-14-21-10-19(4)35-15-21/h9-13,15H,14H2,1-8H3. The first kappa shape index (κ1) is 24.8. The normalized spacial score (nSPS) is 11.7. The summed E-state index contributed by atoms with van der Waals surface area (Å²) in [5, 5.41) is 2.08. The van der Waals surface area contributed by atoms with Gasteiger partial charge in [-0.25, -0.2) is 9.97 Å². The van der Waals surface area contributed by atoms with E-state index in [1.807, 2.05) is 46.0 Å². The van der Waals surface area contributed by atoms with E-state index < -0.39 is 0 Å². The molecule has 0 saturated carbocycles. The predicted molar refractivity (Wildman–Crippen MR) is 142 cm³/mol. The number of pyridine rings is 2. The predicted octanol–water partition coefficient (Wildman–Crippen LogP) is 6.17. The van der Waals surface area contributed by atoms with Gasteiger partial charge in [0.15, 0.2) is 0 Å². The Hall–Kier alpha value is -3.32. The molecule has 0 bridgehead atoms. The number of ether oxygens (including phenoxy) is 1. The molecule has 4 aromatic heterocycles. The van der Waals surface area contributed by atoms with Gasteiger partial charge in [0.2, 0.25) is 0 Å². The van der Waals surface area contributed by atoms with Crippen LogP contribution in [0.25, 0.3) is 17.1 Å². The first-order valence-electron chi connectivity index (χ1n) is 11.7. The van der Waals surface area contributed by atoms with Crippen molar-refractivity contribution in [1.29, 1.82) is 0 Å². The zero-order valence-corrected chi connectivity index (χ0v) is 22.5. The van der Waals surface area contributed by atoms with E-state index in [-0.39, 0.29) is 11.0 Å². The minimum Gasteiger partial charge on any atom is -0.488 e. The number of thiophene rings is 1. The molecule has 0 aliphatic rings. The zero-order chi connectivity index (χ0) is 25.5. The van der Waals surface area contributed by atoms with Gasteiger partial charge in [-0.05, 0) is 63.3 Å². The molecule has 0 radical (unpaired) electrons. The third kappa shape index (κ3) is 5.05. The molecule has 35 heavy (non-hydrogen) atoms. The summed E-state index contributed by atoms with van der Waals surface area (Å²) < 4.78 is 7.77. The van der Waals surface area contributed by atoms with Crippen LogP contribution in [0.4, 0.5) is 0 Å². The van der Waals surface area contributed by atoms with E-state index in [1.54, 1.807) is 22.1 Å². The maximum absolute atomic E-state index is 13.5. The fourth-order valence-corrected chi connectivity index (χ4v) is 4.62. The molecule has 6 nitrogen and oxygen atoms in total. The highest BCUT2D eigenvalue weighted by atomic mass is 32.1. The van der Waals surface area contributed by atoms with Crippen LogP contribution in [0, 0.1) is 34.6 Å². The number of hydrogen-bond donors (Lipinski definition) is 0. The molecule has 0 atom stereocenters. The molecule has 7 heteroatoms. The Balaban J connectivity index is 1.76. The molecule has 182 valence electrons. The van der Waals surface area contributed by atoms with E-state index >= 15 is 0 Å². The van der Waals surface area contributed by atoms with E-state index in [0.29, 0.717) is 23.6 Å². The fourth-order valence-electron chi connectivity index (χ4n) is 3.93. The molecule has 0 unspecified atom stereocenters. The van der Waals surface area contributed by atoms with Crippen LogP contribution in [-0.2, 0) is 12.0 Å². The molecule has 0 fully saturated rings. The van der Waals surface area contributed by atoms with Crippen molar-refractivity contribution in [1.82, 2.24) is 19.5 Å². The number of rotatable bonds is 5. The average Bonchev–Trinajstić information content (AvgIpc) is 3.21. The Morgan fingerprint density at radius 3 is 2.34 bits per heavy atom. The van der Waals surface area contributed by atoms with Crippen molar-refractivity contribution < 1.29 is 4.74 Å². The first-order chi connectivity index (χ1) is 16.5. The van der Waals surface area contributed by atoms with Crippen LogP contribution in [0.15, 0.2) is 40.8 Å². The molecule has 4 heterocycles. The molecule has 0 aromatic carbocycles.